The van der Waals surface area contributed by atoms with Gasteiger partial charge in [-0.25, -0.2) is 0 Å². The van der Waals surface area contributed by atoms with Gasteiger partial charge in [-0.05, 0) is 70.1 Å². The highest BCUT2D eigenvalue weighted by Crippen LogP contribution is 2.25. The molecule has 1 saturated heterocycles. The quantitative estimate of drug-likeness (QED) is 0.655. The number of piperidine rings is 1. The van der Waals surface area contributed by atoms with Crippen molar-refractivity contribution < 1.29 is 0 Å². The van der Waals surface area contributed by atoms with Crippen LogP contribution < -0.4 is 10.6 Å². The van der Waals surface area contributed by atoms with Gasteiger partial charge < -0.3 is 10.6 Å². The molecule has 0 aromatic rings. The van der Waals surface area contributed by atoms with Crippen molar-refractivity contribution in [2.45, 2.75) is 38.5 Å². The van der Waals surface area contributed by atoms with Gasteiger partial charge in [0.1, 0.15) is 0 Å². The van der Waals surface area contributed by atoms with Gasteiger partial charge in [-0.3, -0.25) is 0 Å². The lowest BCUT2D eigenvalue weighted by molar-refractivity contribution is 0.292. The van der Waals surface area contributed by atoms with Crippen LogP contribution in [0.3, 0.4) is 0 Å². The van der Waals surface area contributed by atoms with Crippen molar-refractivity contribution >= 4 is 0 Å². The molecule has 1 aliphatic carbocycles. The molecule has 0 radical (unpaired) electrons. The number of nitrogens with one attached hydrogen (secondary N) is 2. The molecular weight excluding hydrogens is 172 g/mol. The van der Waals surface area contributed by atoms with Crippen molar-refractivity contribution in [3.63, 3.8) is 0 Å². The van der Waals surface area contributed by atoms with Gasteiger partial charge >= 0.3 is 0 Å². The van der Waals surface area contributed by atoms with Gasteiger partial charge in [0.05, 0.1) is 0 Å². The lowest BCUT2D eigenvalue weighted by atomic mass is 9.85. The van der Waals surface area contributed by atoms with Gasteiger partial charge in [0.15, 0.2) is 0 Å². The van der Waals surface area contributed by atoms with E-state index in [9.17, 15) is 0 Å². The van der Waals surface area contributed by atoms with Crippen LogP contribution in [-0.4, -0.2) is 26.2 Å². The first-order chi connectivity index (χ1) is 6.95. The molecule has 2 N–H and O–H groups in total. The molecule has 0 bridgehead atoms. The molecule has 2 fully saturated rings. The second kappa shape index (κ2) is 5.72. The predicted octanol–water partition coefficient (Wildman–Crippen LogP) is 1.77. The minimum absolute atomic E-state index is 0.942. The summed E-state index contributed by atoms with van der Waals surface area (Å²) in [5.74, 6) is 1.96. The summed E-state index contributed by atoms with van der Waals surface area (Å²) in [6.45, 7) is 5.01. The van der Waals surface area contributed by atoms with Gasteiger partial charge in [0.25, 0.3) is 0 Å². The third-order valence-corrected chi connectivity index (χ3v) is 3.79. The van der Waals surface area contributed by atoms with Crippen LogP contribution in [0, 0.1) is 11.8 Å². The summed E-state index contributed by atoms with van der Waals surface area (Å²) in [7, 11) is 0. The molecule has 1 unspecified atom stereocenters. The Hall–Kier alpha value is -0.0800. The second-order valence-corrected chi connectivity index (χ2v) is 5.00. The zero-order valence-corrected chi connectivity index (χ0v) is 9.23. The van der Waals surface area contributed by atoms with Gasteiger partial charge in [0.2, 0.25) is 0 Å². The Labute approximate surface area is 87.8 Å². The highest BCUT2D eigenvalue weighted by atomic mass is 14.9. The fourth-order valence-corrected chi connectivity index (χ4v) is 2.48. The maximum Gasteiger partial charge on any atom is -0.00200 e. The molecule has 1 atom stereocenters. The summed E-state index contributed by atoms with van der Waals surface area (Å²) in [6.07, 6.45) is 8.61. The van der Waals surface area contributed by atoms with E-state index in [4.69, 9.17) is 0 Å². The maximum atomic E-state index is 3.61. The van der Waals surface area contributed by atoms with Crippen molar-refractivity contribution in [3.05, 3.63) is 0 Å². The minimum atomic E-state index is 0.942. The Morgan fingerprint density at radius 1 is 1.07 bits per heavy atom. The van der Waals surface area contributed by atoms with E-state index in [1.54, 1.807) is 0 Å². The molecule has 0 aromatic heterocycles. The van der Waals surface area contributed by atoms with Crippen LogP contribution in [0.5, 0.6) is 0 Å². The first kappa shape index (κ1) is 10.4. The van der Waals surface area contributed by atoms with Gasteiger partial charge in [-0.1, -0.05) is 6.42 Å². The average molecular weight is 196 g/mol. The SMILES string of the molecule is C1CC(CNCCC2CCCNC2)C1. The Kier molecular flexibility index (Phi) is 4.26. The summed E-state index contributed by atoms with van der Waals surface area (Å²) in [5.41, 5.74) is 0. The Bertz CT molecular complexity index is 148. The minimum Gasteiger partial charge on any atom is -0.316 e. The van der Waals surface area contributed by atoms with E-state index in [1.807, 2.05) is 0 Å². The lowest BCUT2D eigenvalue weighted by Crippen LogP contribution is -2.33. The zero-order chi connectivity index (χ0) is 9.64. The standard InChI is InChI=1S/C12H24N2/c1-3-11(4-1)9-14-8-6-12-5-2-7-13-10-12/h11-14H,1-10H2. The van der Waals surface area contributed by atoms with E-state index in [-0.39, 0.29) is 0 Å². The third kappa shape index (κ3) is 3.25. The first-order valence-electron chi connectivity index (χ1n) is 6.36. The molecular formula is C12H24N2. The largest absolute Gasteiger partial charge is 0.316 e. The molecule has 1 saturated carbocycles. The third-order valence-electron chi connectivity index (χ3n) is 3.79. The lowest BCUT2D eigenvalue weighted by Gasteiger charge is -2.26. The first-order valence-corrected chi connectivity index (χ1v) is 6.36. The summed E-state index contributed by atoms with van der Waals surface area (Å²) in [5, 5.41) is 7.09. The number of hydrogen-bond donors (Lipinski definition) is 2. The van der Waals surface area contributed by atoms with Crippen LogP contribution in [-0.2, 0) is 0 Å². The van der Waals surface area contributed by atoms with Gasteiger partial charge in [-0.15, -0.1) is 0 Å². The summed E-state index contributed by atoms with van der Waals surface area (Å²) in [6, 6.07) is 0. The van der Waals surface area contributed by atoms with Crippen LogP contribution >= 0.6 is 0 Å². The summed E-state index contributed by atoms with van der Waals surface area (Å²) in [4.78, 5) is 0. The zero-order valence-electron chi connectivity index (χ0n) is 9.23. The van der Waals surface area contributed by atoms with Gasteiger partial charge in [-0.2, -0.15) is 0 Å². The number of hydrogen-bond acceptors (Lipinski definition) is 2. The highest BCUT2D eigenvalue weighted by Gasteiger charge is 2.17. The summed E-state index contributed by atoms with van der Waals surface area (Å²) >= 11 is 0. The topological polar surface area (TPSA) is 24.1 Å². The van der Waals surface area contributed by atoms with Crippen LogP contribution in [0.15, 0.2) is 0 Å². The van der Waals surface area contributed by atoms with Crippen molar-refractivity contribution in [1.29, 1.82) is 0 Å². The number of rotatable bonds is 5. The highest BCUT2D eigenvalue weighted by molar-refractivity contribution is 4.73. The molecule has 2 heteroatoms. The molecule has 2 aliphatic rings. The van der Waals surface area contributed by atoms with Gasteiger partial charge in [0, 0.05) is 0 Å². The smallest absolute Gasteiger partial charge is 0.00200 e. The Morgan fingerprint density at radius 3 is 2.57 bits per heavy atom. The van der Waals surface area contributed by atoms with Crippen molar-refractivity contribution in [2.75, 3.05) is 26.2 Å². The fourth-order valence-electron chi connectivity index (χ4n) is 2.48. The normalized spacial score (nSPS) is 28.7. The van der Waals surface area contributed by atoms with E-state index in [2.05, 4.69) is 10.6 Å². The van der Waals surface area contributed by atoms with Crippen LogP contribution in [0.2, 0.25) is 0 Å². The monoisotopic (exact) mass is 196 g/mol. The fraction of sp³-hybridized carbons (Fsp3) is 1.00. The molecule has 0 aromatic carbocycles. The summed E-state index contributed by atoms with van der Waals surface area (Å²) < 4.78 is 0. The van der Waals surface area contributed by atoms with E-state index in [0.717, 1.165) is 11.8 Å². The van der Waals surface area contributed by atoms with Crippen molar-refractivity contribution in [3.8, 4) is 0 Å². The second-order valence-electron chi connectivity index (χ2n) is 5.00. The van der Waals surface area contributed by atoms with E-state index >= 15 is 0 Å². The molecule has 0 spiro atoms. The Morgan fingerprint density at radius 2 is 1.93 bits per heavy atom. The Balaban J connectivity index is 1.45. The molecule has 82 valence electrons. The maximum absolute atomic E-state index is 3.61. The molecule has 2 nitrogen and oxygen atoms in total. The van der Waals surface area contributed by atoms with Crippen molar-refractivity contribution in [2.24, 2.45) is 11.8 Å². The van der Waals surface area contributed by atoms with Crippen LogP contribution in [0.25, 0.3) is 0 Å². The van der Waals surface area contributed by atoms with E-state index < -0.39 is 0 Å². The van der Waals surface area contributed by atoms with Crippen LogP contribution in [0.1, 0.15) is 38.5 Å². The molecule has 1 aliphatic heterocycles. The molecule has 2 rings (SSSR count). The van der Waals surface area contributed by atoms with E-state index in [0.29, 0.717) is 0 Å². The molecule has 14 heavy (non-hydrogen) atoms. The molecule has 1 heterocycles. The average Bonchev–Trinajstić information content (AvgIpc) is 2.16. The predicted molar refractivity (Wildman–Crippen MR) is 60.4 cm³/mol. The molecule has 0 amide bonds. The van der Waals surface area contributed by atoms with Crippen molar-refractivity contribution in [1.82, 2.24) is 10.6 Å². The van der Waals surface area contributed by atoms with E-state index in [1.165, 1.54) is 64.7 Å². The van der Waals surface area contributed by atoms with Crippen LogP contribution in [0.4, 0.5) is 0 Å².